The van der Waals surface area contributed by atoms with Crippen molar-refractivity contribution >= 4 is 23.5 Å². The quantitative estimate of drug-likeness (QED) is 0.624. The van der Waals surface area contributed by atoms with Gasteiger partial charge in [-0.05, 0) is 39.0 Å². The van der Waals surface area contributed by atoms with Crippen molar-refractivity contribution in [3.63, 3.8) is 0 Å². The average molecular weight is 294 g/mol. The Morgan fingerprint density at radius 2 is 1.86 bits per heavy atom. The summed E-state index contributed by atoms with van der Waals surface area (Å²) in [6.45, 7) is 6.37. The standard InChI is InChI=1S/C14H22N4O3/c1-14(2,3)21-13(20)17-8-7-16-10-5-4-6-11(9-10)18-12(15)19/h4-6,9,16H,7-8H2,1-3H3,(H,17,20)(H3,15,18,19). The monoisotopic (exact) mass is 294 g/mol. The van der Waals surface area contributed by atoms with Gasteiger partial charge in [0.05, 0.1) is 0 Å². The molecule has 0 radical (unpaired) electrons. The largest absolute Gasteiger partial charge is 0.444 e. The topological polar surface area (TPSA) is 105 Å². The predicted octanol–water partition coefficient (Wildman–Crippen LogP) is 2.11. The van der Waals surface area contributed by atoms with Crippen molar-refractivity contribution in [2.24, 2.45) is 5.73 Å². The van der Waals surface area contributed by atoms with Crippen LogP contribution >= 0.6 is 0 Å². The van der Waals surface area contributed by atoms with E-state index in [1.54, 1.807) is 18.2 Å². The smallest absolute Gasteiger partial charge is 0.407 e. The fourth-order valence-electron chi connectivity index (χ4n) is 1.53. The summed E-state index contributed by atoms with van der Waals surface area (Å²) in [5, 5.41) is 8.25. The molecule has 1 rings (SSSR count). The average Bonchev–Trinajstić information content (AvgIpc) is 2.32. The van der Waals surface area contributed by atoms with E-state index in [0.717, 1.165) is 5.69 Å². The minimum Gasteiger partial charge on any atom is -0.444 e. The fraction of sp³-hybridized carbons (Fsp3) is 0.429. The molecule has 0 aliphatic carbocycles. The number of rotatable bonds is 5. The third-order valence-corrected chi connectivity index (χ3v) is 2.25. The molecule has 0 heterocycles. The lowest BCUT2D eigenvalue weighted by atomic mass is 10.2. The van der Waals surface area contributed by atoms with Gasteiger partial charge in [0.15, 0.2) is 0 Å². The summed E-state index contributed by atoms with van der Waals surface area (Å²) in [6, 6.07) is 6.50. The van der Waals surface area contributed by atoms with E-state index in [0.29, 0.717) is 18.8 Å². The molecule has 5 N–H and O–H groups in total. The second kappa shape index (κ2) is 7.37. The summed E-state index contributed by atoms with van der Waals surface area (Å²) in [4.78, 5) is 22.2. The number of urea groups is 1. The van der Waals surface area contributed by atoms with Crippen LogP contribution in [0.25, 0.3) is 0 Å². The highest BCUT2D eigenvalue weighted by Gasteiger charge is 2.15. The molecular formula is C14H22N4O3. The van der Waals surface area contributed by atoms with Gasteiger partial charge in [0.25, 0.3) is 0 Å². The molecule has 0 saturated heterocycles. The first kappa shape index (κ1) is 16.6. The Morgan fingerprint density at radius 1 is 1.19 bits per heavy atom. The van der Waals surface area contributed by atoms with Crippen molar-refractivity contribution < 1.29 is 14.3 Å². The molecule has 7 nitrogen and oxygen atoms in total. The molecule has 0 fully saturated rings. The van der Waals surface area contributed by atoms with Gasteiger partial charge in [-0.3, -0.25) is 0 Å². The number of amides is 3. The SMILES string of the molecule is CC(C)(C)OC(=O)NCCNc1cccc(NC(N)=O)c1. The maximum absolute atomic E-state index is 11.4. The predicted molar refractivity (Wildman–Crippen MR) is 82.4 cm³/mol. The van der Waals surface area contributed by atoms with E-state index in [2.05, 4.69) is 16.0 Å². The van der Waals surface area contributed by atoms with Crippen LogP contribution in [0.1, 0.15) is 20.8 Å². The molecular weight excluding hydrogens is 272 g/mol. The number of primary amides is 1. The minimum absolute atomic E-state index is 0.419. The van der Waals surface area contributed by atoms with Gasteiger partial charge in [-0.1, -0.05) is 6.07 Å². The van der Waals surface area contributed by atoms with E-state index in [-0.39, 0.29) is 0 Å². The van der Waals surface area contributed by atoms with E-state index in [1.165, 1.54) is 0 Å². The van der Waals surface area contributed by atoms with Crippen molar-refractivity contribution in [1.29, 1.82) is 0 Å². The second-order valence-electron chi connectivity index (χ2n) is 5.43. The Balaban J connectivity index is 2.33. The fourth-order valence-corrected chi connectivity index (χ4v) is 1.53. The van der Waals surface area contributed by atoms with Crippen LogP contribution in [0.3, 0.4) is 0 Å². The van der Waals surface area contributed by atoms with Gasteiger partial charge in [-0.25, -0.2) is 9.59 Å². The number of ether oxygens (including phenoxy) is 1. The highest BCUT2D eigenvalue weighted by molar-refractivity contribution is 5.88. The van der Waals surface area contributed by atoms with Crippen molar-refractivity contribution in [2.75, 3.05) is 23.7 Å². The third-order valence-electron chi connectivity index (χ3n) is 2.25. The zero-order chi connectivity index (χ0) is 15.9. The summed E-state index contributed by atoms with van der Waals surface area (Å²) in [6.07, 6.45) is -0.451. The molecule has 0 bridgehead atoms. The number of benzene rings is 1. The Morgan fingerprint density at radius 3 is 2.48 bits per heavy atom. The van der Waals surface area contributed by atoms with Crippen LogP contribution in [0, 0.1) is 0 Å². The molecule has 1 aromatic rings. The number of hydrogen-bond acceptors (Lipinski definition) is 4. The summed E-state index contributed by atoms with van der Waals surface area (Å²) in [5.41, 5.74) is 5.96. The van der Waals surface area contributed by atoms with Crippen LogP contribution in [0.2, 0.25) is 0 Å². The summed E-state index contributed by atoms with van der Waals surface area (Å²) in [7, 11) is 0. The molecule has 0 atom stereocenters. The number of hydrogen-bond donors (Lipinski definition) is 4. The molecule has 0 saturated carbocycles. The molecule has 116 valence electrons. The second-order valence-corrected chi connectivity index (χ2v) is 5.43. The summed E-state index contributed by atoms with van der Waals surface area (Å²) >= 11 is 0. The van der Waals surface area contributed by atoms with Crippen molar-refractivity contribution in [3.05, 3.63) is 24.3 Å². The van der Waals surface area contributed by atoms with Crippen LogP contribution in [0.5, 0.6) is 0 Å². The molecule has 3 amide bonds. The molecule has 7 heteroatoms. The highest BCUT2D eigenvalue weighted by atomic mass is 16.6. The van der Waals surface area contributed by atoms with E-state index < -0.39 is 17.7 Å². The molecule has 0 spiro atoms. The molecule has 0 aliphatic rings. The van der Waals surface area contributed by atoms with Crippen molar-refractivity contribution in [3.8, 4) is 0 Å². The van der Waals surface area contributed by atoms with Gasteiger partial charge >= 0.3 is 12.1 Å². The third kappa shape index (κ3) is 7.66. The lowest BCUT2D eigenvalue weighted by Gasteiger charge is -2.19. The van der Waals surface area contributed by atoms with Crippen LogP contribution < -0.4 is 21.7 Å². The minimum atomic E-state index is -0.612. The lowest BCUT2D eigenvalue weighted by molar-refractivity contribution is 0.0530. The van der Waals surface area contributed by atoms with Crippen LogP contribution in [0.4, 0.5) is 21.0 Å². The number of nitrogens with two attached hydrogens (primary N) is 1. The first-order valence-corrected chi connectivity index (χ1v) is 6.63. The highest BCUT2D eigenvalue weighted by Crippen LogP contribution is 2.14. The number of alkyl carbamates (subject to hydrolysis) is 1. The summed E-state index contributed by atoms with van der Waals surface area (Å²) in [5.74, 6) is 0. The number of anilines is 2. The Hall–Kier alpha value is -2.44. The van der Waals surface area contributed by atoms with E-state index in [4.69, 9.17) is 10.5 Å². The van der Waals surface area contributed by atoms with Crippen LogP contribution in [-0.2, 0) is 4.74 Å². The molecule has 1 aromatic carbocycles. The van der Waals surface area contributed by atoms with Gasteiger partial charge in [0.1, 0.15) is 5.60 Å². The van der Waals surface area contributed by atoms with E-state index in [1.807, 2.05) is 26.8 Å². The molecule has 0 unspecified atom stereocenters. The molecule has 21 heavy (non-hydrogen) atoms. The zero-order valence-corrected chi connectivity index (χ0v) is 12.5. The maximum atomic E-state index is 11.4. The van der Waals surface area contributed by atoms with Gasteiger partial charge in [-0.2, -0.15) is 0 Å². The first-order valence-electron chi connectivity index (χ1n) is 6.63. The zero-order valence-electron chi connectivity index (χ0n) is 12.5. The Kier molecular flexibility index (Phi) is 5.83. The summed E-state index contributed by atoms with van der Waals surface area (Å²) < 4.78 is 5.11. The maximum Gasteiger partial charge on any atom is 0.407 e. The van der Waals surface area contributed by atoms with Gasteiger partial charge in [0, 0.05) is 24.5 Å². The normalized spacial score (nSPS) is 10.6. The van der Waals surface area contributed by atoms with Crippen LogP contribution in [-0.4, -0.2) is 30.8 Å². The molecule has 0 aromatic heterocycles. The lowest BCUT2D eigenvalue weighted by Crippen LogP contribution is -2.35. The number of carbonyl (C=O) groups excluding carboxylic acids is 2. The number of carbonyl (C=O) groups is 2. The van der Waals surface area contributed by atoms with Crippen molar-refractivity contribution in [1.82, 2.24) is 5.32 Å². The van der Waals surface area contributed by atoms with Gasteiger partial charge in [-0.15, -0.1) is 0 Å². The Labute approximate surface area is 124 Å². The Bertz CT molecular complexity index is 497. The number of nitrogens with one attached hydrogen (secondary N) is 3. The van der Waals surface area contributed by atoms with E-state index >= 15 is 0 Å². The van der Waals surface area contributed by atoms with E-state index in [9.17, 15) is 9.59 Å². The molecule has 0 aliphatic heterocycles. The first-order chi connectivity index (χ1) is 9.76. The van der Waals surface area contributed by atoms with Gasteiger partial charge in [0.2, 0.25) is 0 Å². The van der Waals surface area contributed by atoms with Gasteiger partial charge < -0.3 is 26.4 Å². The van der Waals surface area contributed by atoms with Crippen molar-refractivity contribution in [2.45, 2.75) is 26.4 Å². The van der Waals surface area contributed by atoms with Crippen LogP contribution in [0.15, 0.2) is 24.3 Å².